The lowest BCUT2D eigenvalue weighted by atomic mass is 9.70. The van der Waals surface area contributed by atoms with Crippen molar-refractivity contribution in [3.05, 3.63) is 29.7 Å². The van der Waals surface area contributed by atoms with E-state index in [2.05, 4.69) is 9.97 Å². The largest absolute Gasteiger partial charge is 0.475 e. The summed E-state index contributed by atoms with van der Waals surface area (Å²) in [6.07, 6.45) is 6.41. The van der Waals surface area contributed by atoms with Gasteiger partial charge in [0.05, 0.1) is 36.0 Å². The first kappa shape index (κ1) is 18.5. The minimum Gasteiger partial charge on any atom is -0.475 e. The van der Waals surface area contributed by atoms with Crippen LogP contribution in [-0.2, 0) is 15.9 Å². The average molecular weight is 375 g/mol. The number of aromatic nitrogens is 2. The first-order valence-electron chi connectivity index (χ1n) is 9.51. The standard InChI is InChI=1S/C20H26FN3O3/c1-25-10-11-26-17-3-2-16-18(24-17)14(15(21)12-23-16)4-5-20-8-6-19(22,7-9-20)13-27-20/h2-3,12H,4-11,13,22H2,1H3. The van der Waals surface area contributed by atoms with Gasteiger partial charge in [-0.25, -0.2) is 9.37 Å². The molecule has 2 bridgehead atoms. The highest BCUT2D eigenvalue weighted by molar-refractivity contribution is 5.78. The van der Waals surface area contributed by atoms with Crippen LogP contribution < -0.4 is 10.5 Å². The molecule has 4 heterocycles. The van der Waals surface area contributed by atoms with Gasteiger partial charge in [-0.2, -0.15) is 0 Å². The van der Waals surface area contributed by atoms with Gasteiger partial charge < -0.3 is 19.9 Å². The summed E-state index contributed by atoms with van der Waals surface area (Å²) in [5.74, 6) is 0.117. The molecule has 5 rings (SSSR count). The van der Waals surface area contributed by atoms with Crippen LogP contribution in [0.1, 0.15) is 37.7 Å². The van der Waals surface area contributed by atoms with Crippen LogP contribution in [0.4, 0.5) is 4.39 Å². The Morgan fingerprint density at radius 2 is 2.04 bits per heavy atom. The minimum atomic E-state index is -0.333. The van der Waals surface area contributed by atoms with E-state index in [1.54, 1.807) is 13.2 Å². The number of hydrogen-bond acceptors (Lipinski definition) is 6. The number of nitrogens with two attached hydrogens (primary N) is 1. The van der Waals surface area contributed by atoms with Crippen molar-refractivity contribution in [1.82, 2.24) is 9.97 Å². The summed E-state index contributed by atoms with van der Waals surface area (Å²) in [5.41, 5.74) is 7.75. The van der Waals surface area contributed by atoms with Crippen molar-refractivity contribution in [2.75, 3.05) is 26.9 Å². The maximum atomic E-state index is 14.6. The van der Waals surface area contributed by atoms with Crippen LogP contribution in [0, 0.1) is 5.82 Å². The van der Waals surface area contributed by atoms with Gasteiger partial charge in [-0.05, 0) is 44.6 Å². The second kappa shape index (κ2) is 7.30. The Labute approximate surface area is 158 Å². The maximum absolute atomic E-state index is 14.6. The van der Waals surface area contributed by atoms with Crippen LogP contribution in [0.25, 0.3) is 11.0 Å². The number of halogens is 1. The van der Waals surface area contributed by atoms with Crippen molar-refractivity contribution in [1.29, 1.82) is 0 Å². The maximum Gasteiger partial charge on any atom is 0.213 e. The van der Waals surface area contributed by atoms with Crippen LogP contribution in [-0.4, -0.2) is 48.0 Å². The molecule has 0 radical (unpaired) electrons. The van der Waals surface area contributed by atoms with Crippen LogP contribution >= 0.6 is 0 Å². The van der Waals surface area contributed by atoms with Crippen LogP contribution in [0.5, 0.6) is 5.88 Å². The lowest BCUT2D eigenvalue weighted by Gasteiger charge is -2.51. The third-order valence-electron chi connectivity index (χ3n) is 5.93. The second-order valence-electron chi connectivity index (χ2n) is 7.78. The van der Waals surface area contributed by atoms with E-state index in [9.17, 15) is 4.39 Å². The summed E-state index contributed by atoms with van der Waals surface area (Å²) >= 11 is 0. The zero-order valence-electron chi connectivity index (χ0n) is 15.7. The topological polar surface area (TPSA) is 79.5 Å². The predicted molar refractivity (Wildman–Crippen MR) is 99.3 cm³/mol. The van der Waals surface area contributed by atoms with Crippen LogP contribution in [0.3, 0.4) is 0 Å². The minimum absolute atomic E-state index is 0.160. The zero-order valence-corrected chi connectivity index (χ0v) is 15.7. The Hall–Kier alpha value is -1.83. The van der Waals surface area contributed by atoms with E-state index >= 15 is 0 Å². The molecule has 146 valence electrons. The number of fused-ring (bicyclic) bond motifs is 4. The van der Waals surface area contributed by atoms with E-state index in [1.165, 1.54) is 6.20 Å². The molecule has 3 aliphatic rings. The predicted octanol–water partition coefficient (Wildman–Crippen LogP) is 2.77. The van der Waals surface area contributed by atoms with E-state index in [0.29, 0.717) is 48.7 Å². The Morgan fingerprint density at radius 3 is 2.74 bits per heavy atom. The van der Waals surface area contributed by atoms with E-state index in [-0.39, 0.29) is 17.0 Å². The Balaban J connectivity index is 1.55. The van der Waals surface area contributed by atoms with Crippen LogP contribution in [0.2, 0.25) is 0 Å². The molecule has 6 nitrogen and oxygen atoms in total. The van der Waals surface area contributed by atoms with Gasteiger partial charge in [0.25, 0.3) is 0 Å². The summed E-state index contributed by atoms with van der Waals surface area (Å²) in [7, 11) is 1.61. The molecule has 27 heavy (non-hydrogen) atoms. The molecule has 3 fully saturated rings. The van der Waals surface area contributed by atoms with Crippen molar-refractivity contribution >= 4 is 11.0 Å². The summed E-state index contributed by atoms with van der Waals surface area (Å²) in [4.78, 5) is 8.66. The van der Waals surface area contributed by atoms with Gasteiger partial charge in [0, 0.05) is 24.3 Å². The van der Waals surface area contributed by atoms with E-state index in [0.717, 1.165) is 32.1 Å². The van der Waals surface area contributed by atoms with Crippen molar-refractivity contribution in [3.8, 4) is 5.88 Å². The molecule has 0 atom stereocenters. The van der Waals surface area contributed by atoms with Gasteiger partial charge in [0.1, 0.15) is 12.4 Å². The van der Waals surface area contributed by atoms with Crippen LogP contribution in [0.15, 0.2) is 18.3 Å². The number of rotatable bonds is 7. The quantitative estimate of drug-likeness (QED) is 0.750. The van der Waals surface area contributed by atoms with E-state index in [1.807, 2.05) is 6.07 Å². The monoisotopic (exact) mass is 375 g/mol. The fraction of sp³-hybridized carbons (Fsp3) is 0.600. The first-order chi connectivity index (χ1) is 13.0. The number of aryl methyl sites for hydroxylation is 1. The average Bonchev–Trinajstić information content (AvgIpc) is 2.69. The van der Waals surface area contributed by atoms with Crippen molar-refractivity contribution in [3.63, 3.8) is 0 Å². The van der Waals surface area contributed by atoms with E-state index < -0.39 is 0 Å². The second-order valence-corrected chi connectivity index (χ2v) is 7.78. The van der Waals surface area contributed by atoms with Crippen molar-refractivity contribution < 1.29 is 18.6 Å². The van der Waals surface area contributed by atoms with Gasteiger partial charge in [0.15, 0.2) is 0 Å². The molecule has 1 saturated carbocycles. The third kappa shape index (κ3) is 3.77. The number of nitrogens with zero attached hydrogens (tertiary/aromatic N) is 2. The normalized spacial score (nSPS) is 27.2. The van der Waals surface area contributed by atoms with Gasteiger partial charge in [-0.15, -0.1) is 0 Å². The van der Waals surface area contributed by atoms with Crippen molar-refractivity contribution in [2.45, 2.75) is 49.7 Å². The van der Waals surface area contributed by atoms with Gasteiger partial charge >= 0.3 is 0 Å². The number of ether oxygens (including phenoxy) is 3. The summed E-state index contributed by atoms with van der Waals surface area (Å²) < 4.78 is 31.3. The van der Waals surface area contributed by atoms with Gasteiger partial charge in [-0.1, -0.05) is 0 Å². The molecular weight excluding hydrogens is 349 g/mol. The molecule has 2 aliphatic heterocycles. The molecule has 0 amide bonds. The fourth-order valence-electron chi connectivity index (χ4n) is 4.09. The van der Waals surface area contributed by atoms with Gasteiger partial charge in [-0.3, -0.25) is 4.98 Å². The van der Waals surface area contributed by atoms with E-state index in [4.69, 9.17) is 19.9 Å². The van der Waals surface area contributed by atoms with Crippen molar-refractivity contribution in [2.24, 2.45) is 5.73 Å². The highest BCUT2D eigenvalue weighted by atomic mass is 19.1. The molecule has 2 N–H and O–H groups in total. The highest BCUT2D eigenvalue weighted by Crippen LogP contribution is 2.45. The lowest BCUT2D eigenvalue weighted by molar-refractivity contribution is -0.156. The molecule has 0 spiro atoms. The fourth-order valence-corrected chi connectivity index (χ4v) is 4.09. The summed E-state index contributed by atoms with van der Waals surface area (Å²) in [6.45, 7) is 1.46. The number of pyridine rings is 2. The molecule has 2 aromatic rings. The smallest absolute Gasteiger partial charge is 0.213 e. The zero-order chi connectivity index (χ0) is 18.9. The number of hydrogen-bond donors (Lipinski definition) is 1. The Bertz CT molecular complexity index is 805. The molecule has 7 heteroatoms. The molecule has 0 aromatic carbocycles. The lowest BCUT2D eigenvalue weighted by Crippen LogP contribution is -2.59. The number of methoxy groups -OCH3 is 1. The molecule has 2 aromatic heterocycles. The highest BCUT2D eigenvalue weighted by Gasteiger charge is 2.47. The SMILES string of the molecule is COCCOc1ccc2ncc(F)c(CCC34CCC(N)(CC3)CO4)c2n1. The molecular formula is C20H26FN3O3. The Morgan fingerprint density at radius 1 is 1.22 bits per heavy atom. The Kier molecular flexibility index (Phi) is 5.01. The molecule has 0 unspecified atom stereocenters. The molecule has 2 saturated heterocycles. The third-order valence-corrected chi connectivity index (χ3v) is 5.93. The summed E-state index contributed by atoms with van der Waals surface area (Å²) in [6, 6.07) is 3.56. The molecule has 1 aliphatic carbocycles. The first-order valence-corrected chi connectivity index (χ1v) is 9.51. The van der Waals surface area contributed by atoms with Gasteiger partial charge in [0.2, 0.25) is 5.88 Å². The summed E-state index contributed by atoms with van der Waals surface area (Å²) in [5, 5.41) is 0.